The maximum absolute atomic E-state index is 12.8. The van der Waals surface area contributed by atoms with Crippen molar-refractivity contribution in [2.75, 3.05) is 32.1 Å². The quantitative estimate of drug-likeness (QED) is 0.506. The van der Waals surface area contributed by atoms with Gasteiger partial charge in [-0.3, -0.25) is 14.5 Å². The molecular weight excluding hydrogens is 543 g/mol. The van der Waals surface area contributed by atoms with Crippen LogP contribution in [-0.4, -0.2) is 76.6 Å². The number of amides is 2. The highest BCUT2D eigenvalue weighted by Gasteiger charge is 2.38. The Bertz CT molecular complexity index is 1310. The van der Waals surface area contributed by atoms with Crippen molar-refractivity contribution in [1.29, 1.82) is 5.26 Å². The Kier molecular flexibility index (Phi) is 10.3. The van der Waals surface area contributed by atoms with Crippen LogP contribution in [-0.2, 0) is 16.1 Å². The molecule has 0 unspecified atom stereocenters. The summed E-state index contributed by atoms with van der Waals surface area (Å²) in [6.45, 7) is 7.00. The number of carbonyl (C=O) groups excluding carboxylic acids is 2. The minimum atomic E-state index is -5.08. The number of carboxylic acids is 1. The SMILES string of the molecule is COc1ccc(C(=O)Nc2cc(C#N)cc(CN3CCN(C(=O)CC4CC4)[C@@H](C)C3)c2C)cn1.O=C(O)C(F)(F)F. The predicted octanol–water partition coefficient (Wildman–Crippen LogP) is 3.99. The summed E-state index contributed by atoms with van der Waals surface area (Å²) < 4.78 is 36.8. The Balaban J connectivity index is 0.000000587. The number of rotatable bonds is 7. The lowest BCUT2D eigenvalue weighted by molar-refractivity contribution is -0.192. The molecule has 220 valence electrons. The van der Waals surface area contributed by atoms with Gasteiger partial charge in [-0.05, 0) is 61.9 Å². The molecule has 2 N–H and O–H groups in total. The van der Waals surface area contributed by atoms with Crippen LogP contribution in [0.2, 0.25) is 0 Å². The van der Waals surface area contributed by atoms with E-state index in [4.69, 9.17) is 14.6 Å². The number of benzene rings is 1. The third kappa shape index (κ3) is 8.91. The summed E-state index contributed by atoms with van der Waals surface area (Å²) in [6.07, 6.45) is -0.574. The summed E-state index contributed by atoms with van der Waals surface area (Å²) in [4.78, 5) is 42.7. The van der Waals surface area contributed by atoms with Gasteiger partial charge in [0.1, 0.15) is 0 Å². The molecule has 4 rings (SSSR count). The Morgan fingerprint density at radius 1 is 1.22 bits per heavy atom. The van der Waals surface area contributed by atoms with Crippen LogP contribution in [0.25, 0.3) is 0 Å². The fourth-order valence-electron chi connectivity index (χ4n) is 4.44. The summed E-state index contributed by atoms with van der Waals surface area (Å²) in [5, 5.41) is 19.6. The molecule has 13 heteroatoms. The number of hydrogen-bond donors (Lipinski definition) is 2. The van der Waals surface area contributed by atoms with Gasteiger partial charge in [-0.2, -0.15) is 18.4 Å². The van der Waals surface area contributed by atoms with Gasteiger partial charge in [0.15, 0.2) is 0 Å². The molecule has 0 radical (unpaired) electrons. The van der Waals surface area contributed by atoms with E-state index in [0.717, 1.165) is 30.8 Å². The summed E-state index contributed by atoms with van der Waals surface area (Å²) in [6, 6.07) is 9.22. The van der Waals surface area contributed by atoms with E-state index in [1.807, 2.05) is 17.9 Å². The second-order valence-corrected chi connectivity index (χ2v) is 10.1. The Hall–Kier alpha value is -4.18. The van der Waals surface area contributed by atoms with Crippen LogP contribution in [0.3, 0.4) is 0 Å². The van der Waals surface area contributed by atoms with Gasteiger partial charge in [-0.15, -0.1) is 0 Å². The maximum atomic E-state index is 12.8. The zero-order chi connectivity index (χ0) is 30.3. The summed E-state index contributed by atoms with van der Waals surface area (Å²) in [7, 11) is 1.52. The van der Waals surface area contributed by atoms with Gasteiger partial charge in [0.05, 0.1) is 24.3 Å². The minimum Gasteiger partial charge on any atom is -0.481 e. The number of aliphatic carboxylic acids is 1. The molecule has 2 amide bonds. The number of halogens is 3. The number of piperazine rings is 1. The average molecular weight is 576 g/mol. The largest absolute Gasteiger partial charge is 0.490 e. The normalized spacial score (nSPS) is 17.1. The lowest BCUT2D eigenvalue weighted by Crippen LogP contribution is -2.53. The fraction of sp³-hybridized carbons (Fsp3) is 0.464. The molecule has 10 nitrogen and oxygen atoms in total. The van der Waals surface area contributed by atoms with Gasteiger partial charge in [0, 0.05) is 56.6 Å². The average Bonchev–Trinajstić information content (AvgIpc) is 3.74. The number of methoxy groups -OCH3 is 1. The molecule has 1 atom stereocenters. The van der Waals surface area contributed by atoms with Crippen LogP contribution in [0.4, 0.5) is 18.9 Å². The highest BCUT2D eigenvalue weighted by molar-refractivity contribution is 6.04. The molecule has 1 aliphatic heterocycles. The topological polar surface area (TPSA) is 136 Å². The van der Waals surface area contributed by atoms with Crippen LogP contribution in [0.1, 0.15) is 53.2 Å². The zero-order valence-electron chi connectivity index (χ0n) is 23.0. The summed E-state index contributed by atoms with van der Waals surface area (Å²) in [5.74, 6) is -1.75. The number of nitrogens with zero attached hydrogens (tertiary/aromatic N) is 4. The number of hydrogen-bond acceptors (Lipinski definition) is 7. The molecule has 41 heavy (non-hydrogen) atoms. The fourth-order valence-corrected chi connectivity index (χ4v) is 4.44. The van der Waals surface area contributed by atoms with Crippen molar-refractivity contribution >= 4 is 23.5 Å². The van der Waals surface area contributed by atoms with Crippen molar-refractivity contribution in [2.24, 2.45) is 5.92 Å². The van der Waals surface area contributed by atoms with E-state index in [0.29, 0.717) is 41.6 Å². The van der Waals surface area contributed by atoms with Gasteiger partial charge < -0.3 is 20.1 Å². The van der Waals surface area contributed by atoms with Gasteiger partial charge in [0.25, 0.3) is 5.91 Å². The number of aromatic nitrogens is 1. The van der Waals surface area contributed by atoms with Crippen molar-refractivity contribution in [1.82, 2.24) is 14.8 Å². The first-order valence-electron chi connectivity index (χ1n) is 13.0. The number of nitriles is 1. The Labute approximate surface area is 235 Å². The van der Waals surface area contributed by atoms with E-state index >= 15 is 0 Å². The van der Waals surface area contributed by atoms with E-state index in [1.165, 1.54) is 26.1 Å². The van der Waals surface area contributed by atoms with E-state index in [9.17, 15) is 28.0 Å². The summed E-state index contributed by atoms with van der Waals surface area (Å²) in [5.41, 5.74) is 3.43. The van der Waals surface area contributed by atoms with Gasteiger partial charge in [-0.25, -0.2) is 9.78 Å². The van der Waals surface area contributed by atoms with Crippen molar-refractivity contribution in [3.05, 3.63) is 52.7 Å². The number of anilines is 1. The first-order chi connectivity index (χ1) is 19.3. The monoisotopic (exact) mass is 575 g/mol. The van der Waals surface area contributed by atoms with Crippen molar-refractivity contribution in [3.63, 3.8) is 0 Å². The summed E-state index contributed by atoms with van der Waals surface area (Å²) >= 11 is 0. The molecule has 1 aromatic carbocycles. The number of carboxylic acid groups (broad SMARTS) is 1. The van der Waals surface area contributed by atoms with Crippen LogP contribution in [0, 0.1) is 24.2 Å². The first-order valence-corrected chi connectivity index (χ1v) is 13.0. The third-order valence-electron chi connectivity index (χ3n) is 6.93. The number of carbonyl (C=O) groups is 3. The lowest BCUT2D eigenvalue weighted by Gasteiger charge is -2.40. The molecule has 0 bridgehead atoms. The molecule has 1 saturated heterocycles. The highest BCUT2D eigenvalue weighted by atomic mass is 19.4. The molecule has 2 aliphatic rings. The smallest absolute Gasteiger partial charge is 0.481 e. The lowest BCUT2D eigenvalue weighted by atomic mass is 10.0. The molecular formula is C28H32F3N5O5. The number of nitrogens with one attached hydrogen (secondary N) is 1. The second-order valence-electron chi connectivity index (χ2n) is 10.1. The van der Waals surface area contributed by atoms with Gasteiger partial charge in [0.2, 0.25) is 11.8 Å². The van der Waals surface area contributed by atoms with Crippen molar-refractivity contribution < 1.29 is 37.4 Å². The number of alkyl halides is 3. The Morgan fingerprint density at radius 3 is 2.41 bits per heavy atom. The van der Waals surface area contributed by atoms with E-state index in [1.54, 1.807) is 18.2 Å². The van der Waals surface area contributed by atoms with Crippen LogP contribution >= 0.6 is 0 Å². The van der Waals surface area contributed by atoms with Gasteiger partial charge in [-0.1, -0.05) is 0 Å². The van der Waals surface area contributed by atoms with Crippen LogP contribution < -0.4 is 10.1 Å². The van der Waals surface area contributed by atoms with Crippen molar-refractivity contribution in [3.8, 4) is 11.9 Å². The first kappa shape index (κ1) is 31.3. The standard InChI is InChI=1S/C26H31N5O3.C2HF3O2/c1-17-15-30(8-9-31(17)25(32)12-19-4-5-19)16-22-10-20(13-27)11-23(18(22)2)29-26(33)21-6-7-24(34-3)28-14-21;3-2(4,5)1(6)7/h6-7,10-11,14,17,19H,4-5,8-9,12,15-16H2,1-3H3,(H,29,33);(H,6,7)/t17-;/m0./s1. The maximum Gasteiger partial charge on any atom is 0.490 e. The molecule has 2 fully saturated rings. The molecule has 2 aromatic rings. The van der Waals surface area contributed by atoms with E-state index < -0.39 is 12.1 Å². The number of pyridine rings is 1. The van der Waals surface area contributed by atoms with E-state index in [-0.39, 0.29) is 17.9 Å². The molecule has 0 spiro atoms. The van der Waals surface area contributed by atoms with Crippen LogP contribution in [0.5, 0.6) is 5.88 Å². The van der Waals surface area contributed by atoms with Crippen molar-refractivity contribution in [2.45, 2.75) is 51.9 Å². The predicted molar refractivity (Wildman–Crippen MR) is 142 cm³/mol. The molecule has 1 aromatic heterocycles. The van der Waals surface area contributed by atoms with Crippen LogP contribution in [0.15, 0.2) is 30.5 Å². The Morgan fingerprint density at radius 2 is 1.90 bits per heavy atom. The molecule has 1 saturated carbocycles. The zero-order valence-corrected chi connectivity index (χ0v) is 23.0. The van der Waals surface area contributed by atoms with Gasteiger partial charge >= 0.3 is 12.1 Å². The van der Waals surface area contributed by atoms with E-state index in [2.05, 4.69) is 28.2 Å². The second kappa shape index (κ2) is 13.5. The number of ether oxygens (including phenoxy) is 1. The molecule has 1 aliphatic carbocycles. The molecule has 2 heterocycles. The highest BCUT2D eigenvalue weighted by Crippen LogP contribution is 2.33. The third-order valence-corrected chi connectivity index (χ3v) is 6.93. The minimum absolute atomic E-state index is 0.154.